The van der Waals surface area contributed by atoms with Crippen molar-refractivity contribution in [3.8, 4) is 11.5 Å². The summed E-state index contributed by atoms with van der Waals surface area (Å²) in [5.41, 5.74) is 3.11. The number of carbonyl (C=O) groups is 3. The van der Waals surface area contributed by atoms with Gasteiger partial charge in [-0.15, -0.1) is 0 Å². The van der Waals surface area contributed by atoms with E-state index in [-0.39, 0.29) is 43.1 Å². The van der Waals surface area contributed by atoms with E-state index < -0.39 is 0 Å². The van der Waals surface area contributed by atoms with Gasteiger partial charge in [0.1, 0.15) is 17.3 Å². The Balaban J connectivity index is 1.28. The molecule has 1 aromatic heterocycles. The summed E-state index contributed by atoms with van der Waals surface area (Å²) in [5, 5.41) is 2.87. The third-order valence-corrected chi connectivity index (χ3v) is 6.52. The maximum absolute atomic E-state index is 12.9. The van der Waals surface area contributed by atoms with E-state index >= 15 is 0 Å². The minimum absolute atomic E-state index is 0.113. The van der Waals surface area contributed by atoms with Crippen molar-refractivity contribution in [2.24, 2.45) is 5.92 Å². The molecule has 1 aliphatic heterocycles. The Labute approximate surface area is 209 Å². The predicted molar refractivity (Wildman–Crippen MR) is 133 cm³/mol. The summed E-state index contributed by atoms with van der Waals surface area (Å²) in [6.07, 6.45) is 2.29. The number of anilines is 1. The van der Waals surface area contributed by atoms with Gasteiger partial charge in [0.25, 0.3) is 11.8 Å². The summed E-state index contributed by atoms with van der Waals surface area (Å²) < 4.78 is 17.0. The molecule has 0 unspecified atom stereocenters. The molecule has 2 amide bonds. The van der Waals surface area contributed by atoms with Crippen molar-refractivity contribution in [3.63, 3.8) is 0 Å². The molecule has 186 valence electrons. The average Bonchev–Trinajstić information content (AvgIpc) is 3.59. The quantitative estimate of drug-likeness (QED) is 0.453. The van der Waals surface area contributed by atoms with Crippen molar-refractivity contribution >= 4 is 23.3 Å². The molecular weight excluding hydrogens is 460 g/mol. The summed E-state index contributed by atoms with van der Waals surface area (Å²) in [5.74, 6) is 1.60. The molecule has 1 aliphatic carbocycles. The van der Waals surface area contributed by atoms with Crippen molar-refractivity contribution in [2.45, 2.75) is 33.2 Å². The maximum Gasteiger partial charge on any atom is 0.287 e. The highest BCUT2D eigenvalue weighted by molar-refractivity contribution is 6.02. The number of hydrogen-bond donors (Lipinski definition) is 1. The van der Waals surface area contributed by atoms with Crippen molar-refractivity contribution < 1.29 is 28.3 Å². The number of Topliss-reactive ketones (excluding diaryl/α,β-unsaturated/α-hetero) is 1. The number of rotatable bonds is 9. The predicted octanol–water partition coefficient (Wildman–Crippen LogP) is 4.22. The highest BCUT2D eigenvalue weighted by atomic mass is 16.5. The van der Waals surface area contributed by atoms with Crippen LogP contribution in [-0.4, -0.2) is 37.4 Å². The Morgan fingerprint density at radius 3 is 2.67 bits per heavy atom. The monoisotopic (exact) mass is 488 g/mol. The van der Waals surface area contributed by atoms with E-state index in [0.717, 1.165) is 24.0 Å². The zero-order valence-corrected chi connectivity index (χ0v) is 20.3. The van der Waals surface area contributed by atoms with Gasteiger partial charge in [-0.1, -0.05) is 6.07 Å². The Morgan fingerprint density at radius 2 is 1.89 bits per heavy atom. The molecule has 8 nitrogen and oxygen atoms in total. The maximum atomic E-state index is 12.9. The second kappa shape index (κ2) is 9.89. The van der Waals surface area contributed by atoms with E-state index in [9.17, 15) is 14.4 Å². The standard InChI is InChI=1S/C28H28N2O6/c1-17-3-7-21(11-18(17)2)34-15-24(31)20-6-9-25-23(12-20)30(27(32)16-35-25)14-22-8-10-26(36-22)28(33)29-13-19-4-5-19/h3,6-12,19H,4-5,13-16H2,1-2H3,(H,29,33). The first-order valence-electron chi connectivity index (χ1n) is 12.0. The van der Waals surface area contributed by atoms with E-state index in [2.05, 4.69) is 5.32 Å². The van der Waals surface area contributed by atoms with Gasteiger partial charge in [-0.2, -0.15) is 0 Å². The number of amides is 2. The van der Waals surface area contributed by atoms with Gasteiger partial charge in [0.2, 0.25) is 0 Å². The number of fused-ring (bicyclic) bond motifs is 1. The van der Waals surface area contributed by atoms with Crippen LogP contribution in [0.25, 0.3) is 0 Å². The van der Waals surface area contributed by atoms with Crippen molar-refractivity contribution in [2.75, 3.05) is 24.7 Å². The van der Waals surface area contributed by atoms with Gasteiger partial charge in [0, 0.05) is 12.1 Å². The molecule has 36 heavy (non-hydrogen) atoms. The van der Waals surface area contributed by atoms with Crippen molar-refractivity contribution in [1.82, 2.24) is 5.32 Å². The molecule has 8 heteroatoms. The molecule has 0 saturated heterocycles. The Kier molecular flexibility index (Phi) is 6.50. The molecule has 1 saturated carbocycles. The number of hydrogen-bond acceptors (Lipinski definition) is 6. The van der Waals surface area contributed by atoms with Crippen LogP contribution >= 0.6 is 0 Å². The molecule has 0 bridgehead atoms. The molecule has 1 N–H and O–H groups in total. The molecule has 1 fully saturated rings. The fourth-order valence-corrected chi connectivity index (χ4v) is 3.97. The molecule has 0 spiro atoms. The lowest BCUT2D eigenvalue weighted by molar-refractivity contribution is -0.121. The van der Waals surface area contributed by atoms with Crippen LogP contribution in [0.15, 0.2) is 52.9 Å². The molecule has 2 heterocycles. The van der Waals surface area contributed by atoms with Crippen LogP contribution in [-0.2, 0) is 11.3 Å². The highest BCUT2D eigenvalue weighted by Gasteiger charge is 2.28. The van der Waals surface area contributed by atoms with Crippen LogP contribution in [0.1, 0.15) is 50.6 Å². The Bertz CT molecular complexity index is 1320. The van der Waals surface area contributed by atoms with Crippen LogP contribution < -0.4 is 19.7 Å². The molecule has 5 rings (SSSR count). The molecule has 0 atom stereocenters. The zero-order chi connectivity index (χ0) is 25.2. The first kappa shape index (κ1) is 23.7. The normalized spacial score (nSPS) is 14.7. The van der Waals surface area contributed by atoms with Crippen molar-refractivity contribution in [1.29, 1.82) is 0 Å². The van der Waals surface area contributed by atoms with Gasteiger partial charge in [0.15, 0.2) is 24.8 Å². The Hall–Kier alpha value is -4.07. The molecule has 3 aromatic rings. The average molecular weight is 489 g/mol. The molecular formula is C28H28N2O6. The number of furan rings is 1. The second-order valence-electron chi connectivity index (χ2n) is 9.33. The first-order chi connectivity index (χ1) is 17.4. The van der Waals surface area contributed by atoms with E-state index in [1.807, 2.05) is 32.0 Å². The summed E-state index contributed by atoms with van der Waals surface area (Å²) >= 11 is 0. The summed E-state index contributed by atoms with van der Waals surface area (Å²) in [4.78, 5) is 39.4. The van der Waals surface area contributed by atoms with Gasteiger partial charge >= 0.3 is 0 Å². The zero-order valence-electron chi connectivity index (χ0n) is 20.3. The van der Waals surface area contributed by atoms with E-state index in [1.54, 1.807) is 30.3 Å². The lowest BCUT2D eigenvalue weighted by atomic mass is 10.1. The van der Waals surface area contributed by atoms with Gasteiger partial charge in [-0.3, -0.25) is 19.3 Å². The number of carbonyl (C=O) groups excluding carboxylic acids is 3. The van der Waals surface area contributed by atoms with Gasteiger partial charge in [-0.05, 0) is 86.2 Å². The van der Waals surface area contributed by atoms with Gasteiger partial charge < -0.3 is 19.2 Å². The summed E-state index contributed by atoms with van der Waals surface area (Å²) in [6.45, 7) is 4.51. The first-order valence-corrected chi connectivity index (χ1v) is 12.0. The fourth-order valence-electron chi connectivity index (χ4n) is 3.97. The van der Waals surface area contributed by atoms with E-state index in [1.165, 1.54) is 4.90 Å². The van der Waals surface area contributed by atoms with Gasteiger partial charge in [0.05, 0.1) is 12.2 Å². The molecule has 2 aliphatic rings. The fraction of sp³-hybridized carbons (Fsp3) is 0.321. The second-order valence-corrected chi connectivity index (χ2v) is 9.33. The van der Waals surface area contributed by atoms with E-state index in [4.69, 9.17) is 13.9 Å². The largest absolute Gasteiger partial charge is 0.485 e. The third-order valence-electron chi connectivity index (χ3n) is 6.52. The number of aryl methyl sites for hydroxylation is 2. The summed E-state index contributed by atoms with van der Waals surface area (Å²) in [7, 11) is 0. The Morgan fingerprint density at radius 1 is 1.06 bits per heavy atom. The van der Waals surface area contributed by atoms with Crippen molar-refractivity contribution in [3.05, 3.63) is 76.7 Å². The van der Waals surface area contributed by atoms with Crippen LogP contribution in [0.5, 0.6) is 11.5 Å². The number of nitrogens with one attached hydrogen (secondary N) is 1. The van der Waals surface area contributed by atoms with Crippen LogP contribution in [0.2, 0.25) is 0 Å². The summed E-state index contributed by atoms with van der Waals surface area (Å²) in [6, 6.07) is 13.9. The smallest absolute Gasteiger partial charge is 0.287 e. The van der Waals surface area contributed by atoms with E-state index in [0.29, 0.717) is 41.0 Å². The number of ether oxygens (including phenoxy) is 2. The number of benzene rings is 2. The minimum Gasteiger partial charge on any atom is -0.485 e. The van der Waals surface area contributed by atoms with Crippen LogP contribution in [0.3, 0.4) is 0 Å². The minimum atomic E-state index is -0.269. The number of nitrogens with zero attached hydrogens (tertiary/aromatic N) is 1. The van der Waals surface area contributed by atoms with Gasteiger partial charge in [-0.25, -0.2) is 0 Å². The number of ketones is 1. The lowest BCUT2D eigenvalue weighted by Crippen LogP contribution is -2.38. The van der Waals surface area contributed by atoms with Crippen LogP contribution in [0.4, 0.5) is 5.69 Å². The third kappa shape index (κ3) is 5.27. The van der Waals surface area contributed by atoms with Crippen LogP contribution in [0, 0.1) is 19.8 Å². The molecule has 0 radical (unpaired) electrons. The lowest BCUT2D eigenvalue weighted by Gasteiger charge is -2.29. The SMILES string of the molecule is Cc1ccc(OCC(=O)c2ccc3c(c2)N(Cc2ccc(C(=O)NCC4CC4)o2)C(=O)CO3)cc1C. The highest BCUT2D eigenvalue weighted by Crippen LogP contribution is 2.34. The molecule has 2 aromatic carbocycles. The topological polar surface area (TPSA) is 98.1 Å².